The SMILES string of the molecule is CN(C)C(C)(C)CNCc1cc(Br)c(Br)s1. The summed E-state index contributed by atoms with van der Waals surface area (Å²) in [7, 11) is 4.22. The van der Waals surface area contributed by atoms with Crippen LogP contribution in [0.5, 0.6) is 0 Å². The maximum atomic E-state index is 3.51. The van der Waals surface area contributed by atoms with E-state index in [4.69, 9.17) is 0 Å². The van der Waals surface area contributed by atoms with E-state index in [9.17, 15) is 0 Å². The first kappa shape index (κ1) is 14.6. The molecule has 0 aliphatic heterocycles. The van der Waals surface area contributed by atoms with Gasteiger partial charge in [0.2, 0.25) is 0 Å². The van der Waals surface area contributed by atoms with E-state index in [1.807, 2.05) is 0 Å². The highest BCUT2D eigenvalue weighted by Crippen LogP contribution is 2.32. The summed E-state index contributed by atoms with van der Waals surface area (Å²) < 4.78 is 2.30. The molecule has 0 radical (unpaired) electrons. The van der Waals surface area contributed by atoms with Crippen LogP contribution in [0.25, 0.3) is 0 Å². The Morgan fingerprint density at radius 1 is 1.38 bits per heavy atom. The summed E-state index contributed by atoms with van der Waals surface area (Å²) in [4.78, 5) is 3.58. The molecule has 0 saturated carbocycles. The van der Waals surface area contributed by atoms with Crippen molar-refractivity contribution < 1.29 is 0 Å². The van der Waals surface area contributed by atoms with Gasteiger partial charge in [0.05, 0.1) is 3.79 Å². The van der Waals surface area contributed by atoms with Crippen LogP contribution >= 0.6 is 43.2 Å². The van der Waals surface area contributed by atoms with Gasteiger partial charge < -0.3 is 10.2 Å². The van der Waals surface area contributed by atoms with E-state index >= 15 is 0 Å². The molecule has 5 heteroatoms. The highest BCUT2D eigenvalue weighted by atomic mass is 79.9. The van der Waals surface area contributed by atoms with Crippen molar-refractivity contribution in [2.45, 2.75) is 25.9 Å². The number of nitrogens with zero attached hydrogens (tertiary/aromatic N) is 1. The summed E-state index contributed by atoms with van der Waals surface area (Å²) >= 11 is 8.77. The zero-order chi connectivity index (χ0) is 12.3. The zero-order valence-corrected chi connectivity index (χ0v) is 14.1. The predicted molar refractivity (Wildman–Crippen MR) is 79.2 cm³/mol. The molecule has 0 aliphatic rings. The second kappa shape index (κ2) is 5.96. The molecule has 1 heterocycles. The van der Waals surface area contributed by atoms with Gasteiger partial charge in [-0.2, -0.15) is 0 Å². The van der Waals surface area contributed by atoms with Crippen LogP contribution in [0, 0.1) is 0 Å². The van der Waals surface area contributed by atoms with Gasteiger partial charge in [-0.3, -0.25) is 0 Å². The van der Waals surface area contributed by atoms with Crippen LogP contribution in [0.2, 0.25) is 0 Å². The first-order valence-corrected chi connectivity index (χ1v) is 7.55. The van der Waals surface area contributed by atoms with Crippen LogP contribution in [0.1, 0.15) is 18.7 Å². The number of rotatable bonds is 5. The molecule has 2 nitrogen and oxygen atoms in total. The molecular weight excluding hydrogens is 352 g/mol. The minimum Gasteiger partial charge on any atom is -0.310 e. The van der Waals surface area contributed by atoms with E-state index in [0.29, 0.717) is 0 Å². The Morgan fingerprint density at radius 3 is 2.44 bits per heavy atom. The van der Waals surface area contributed by atoms with E-state index in [1.165, 1.54) is 4.88 Å². The Bertz CT molecular complexity index is 328. The molecule has 0 bridgehead atoms. The quantitative estimate of drug-likeness (QED) is 0.851. The van der Waals surface area contributed by atoms with E-state index in [-0.39, 0.29) is 5.54 Å². The van der Waals surface area contributed by atoms with Crippen molar-refractivity contribution >= 4 is 43.2 Å². The molecule has 0 aromatic carbocycles. The number of nitrogens with one attached hydrogen (secondary N) is 1. The maximum Gasteiger partial charge on any atom is 0.0843 e. The molecule has 1 aromatic heterocycles. The lowest BCUT2D eigenvalue weighted by atomic mass is 10.0. The van der Waals surface area contributed by atoms with Gasteiger partial charge in [-0.05, 0) is 65.9 Å². The first-order valence-electron chi connectivity index (χ1n) is 5.15. The van der Waals surface area contributed by atoms with Crippen LogP contribution in [0.3, 0.4) is 0 Å². The van der Waals surface area contributed by atoms with Crippen molar-refractivity contribution in [3.8, 4) is 0 Å². The molecule has 0 aliphatic carbocycles. The van der Waals surface area contributed by atoms with Crippen LogP contribution in [-0.2, 0) is 6.54 Å². The number of likely N-dealkylation sites (N-methyl/N-ethyl adjacent to an activating group) is 1. The summed E-state index contributed by atoms with van der Waals surface area (Å²) in [5.74, 6) is 0. The summed E-state index contributed by atoms with van der Waals surface area (Å²) in [5, 5.41) is 3.49. The standard InChI is InChI=1S/C11H18Br2N2S/c1-11(2,15(3)4)7-14-6-8-5-9(12)10(13)16-8/h5,14H,6-7H2,1-4H3. The Hall–Kier alpha value is 0.580. The smallest absolute Gasteiger partial charge is 0.0843 e. The second-order valence-electron chi connectivity index (χ2n) is 4.64. The molecular formula is C11H18Br2N2S. The second-order valence-corrected chi connectivity index (χ2v) is 7.95. The van der Waals surface area contributed by atoms with Gasteiger partial charge in [0.15, 0.2) is 0 Å². The third-order valence-electron chi connectivity index (χ3n) is 2.76. The minimum absolute atomic E-state index is 0.186. The summed E-state index contributed by atoms with van der Waals surface area (Å²) in [6.07, 6.45) is 0. The summed E-state index contributed by atoms with van der Waals surface area (Å²) in [6, 6.07) is 2.16. The lowest BCUT2D eigenvalue weighted by Gasteiger charge is -2.32. The maximum absolute atomic E-state index is 3.51. The minimum atomic E-state index is 0.186. The van der Waals surface area contributed by atoms with Crippen molar-refractivity contribution in [2.75, 3.05) is 20.6 Å². The lowest BCUT2D eigenvalue weighted by Crippen LogP contribution is -2.46. The zero-order valence-electron chi connectivity index (χ0n) is 10.1. The van der Waals surface area contributed by atoms with E-state index in [2.05, 4.69) is 76.1 Å². The molecule has 0 fully saturated rings. The number of hydrogen-bond acceptors (Lipinski definition) is 3. The molecule has 1 aromatic rings. The molecule has 16 heavy (non-hydrogen) atoms. The largest absolute Gasteiger partial charge is 0.310 e. The van der Waals surface area contributed by atoms with Crippen molar-refractivity contribution in [3.05, 3.63) is 19.2 Å². The average molecular weight is 370 g/mol. The highest BCUT2D eigenvalue weighted by Gasteiger charge is 2.19. The first-order chi connectivity index (χ1) is 7.33. The van der Waals surface area contributed by atoms with Crippen molar-refractivity contribution in [1.29, 1.82) is 0 Å². The molecule has 0 spiro atoms. The Kier molecular flexibility index (Phi) is 5.45. The van der Waals surface area contributed by atoms with Gasteiger partial charge in [0.1, 0.15) is 0 Å². The van der Waals surface area contributed by atoms with Crippen LogP contribution in [-0.4, -0.2) is 31.1 Å². The molecule has 0 atom stereocenters. The van der Waals surface area contributed by atoms with Crippen molar-refractivity contribution in [1.82, 2.24) is 10.2 Å². The van der Waals surface area contributed by atoms with Gasteiger partial charge in [-0.15, -0.1) is 11.3 Å². The van der Waals surface area contributed by atoms with E-state index in [0.717, 1.165) is 21.3 Å². The number of halogens is 2. The average Bonchev–Trinajstić information content (AvgIpc) is 2.45. The molecule has 1 N–H and O–H groups in total. The number of hydrogen-bond donors (Lipinski definition) is 1. The summed E-state index contributed by atoms with van der Waals surface area (Å²) in [6.45, 7) is 6.37. The van der Waals surface area contributed by atoms with Gasteiger partial charge in [-0.1, -0.05) is 0 Å². The van der Waals surface area contributed by atoms with Gasteiger partial charge in [-0.25, -0.2) is 0 Å². The highest BCUT2D eigenvalue weighted by molar-refractivity contribution is 9.13. The normalized spacial score (nSPS) is 12.4. The Balaban J connectivity index is 2.41. The van der Waals surface area contributed by atoms with Crippen LogP contribution in [0.4, 0.5) is 0 Å². The fourth-order valence-corrected chi connectivity index (χ4v) is 3.27. The number of thiophene rings is 1. The summed E-state index contributed by atoms with van der Waals surface area (Å²) in [5.41, 5.74) is 0.186. The van der Waals surface area contributed by atoms with E-state index < -0.39 is 0 Å². The van der Waals surface area contributed by atoms with Crippen LogP contribution in [0.15, 0.2) is 14.3 Å². The fourth-order valence-electron chi connectivity index (χ4n) is 1.13. The molecule has 0 unspecified atom stereocenters. The van der Waals surface area contributed by atoms with Crippen molar-refractivity contribution in [2.24, 2.45) is 0 Å². The fraction of sp³-hybridized carbons (Fsp3) is 0.636. The monoisotopic (exact) mass is 368 g/mol. The van der Waals surface area contributed by atoms with Gasteiger partial charge in [0.25, 0.3) is 0 Å². The third kappa shape index (κ3) is 4.11. The molecule has 0 saturated heterocycles. The predicted octanol–water partition coefficient (Wildman–Crippen LogP) is 3.70. The van der Waals surface area contributed by atoms with E-state index in [1.54, 1.807) is 11.3 Å². The van der Waals surface area contributed by atoms with Crippen LogP contribution < -0.4 is 5.32 Å². The Morgan fingerprint density at radius 2 is 2.00 bits per heavy atom. The topological polar surface area (TPSA) is 15.3 Å². The van der Waals surface area contributed by atoms with Gasteiger partial charge in [0, 0.05) is 28.0 Å². The van der Waals surface area contributed by atoms with Crippen molar-refractivity contribution in [3.63, 3.8) is 0 Å². The van der Waals surface area contributed by atoms with Gasteiger partial charge >= 0.3 is 0 Å². The molecule has 1 rings (SSSR count). The lowest BCUT2D eigenvalue weighted by molar-refractivity contribution is 0.190. The Labute approximate surface area is 119 Å². The molecule has 0 amide bonds. The molecule has 92 valence electrons. The third-order valence-corrected chi connectivity index (χ3v) is 6.02.